The van der Waals surface area contributed by atoms with E-state index in [1.807, 2.05) is 26.0 Å². The summed E-state index contributed by atoms with van der Waals surface area (Å²) in [6.45, 7) is 6.00. The van der Waals surface area contributed by atoms with Gasteiger partial charge in [0, 0.05) is 11.6 Å². The number of rotatable bonds is 1. The Labute approximate surface area is 84.4 Å². The summed E-state index contributed by atoms with van der Waals surface area (Å²) in [6, 6.07) is 11.5. The molecule has 0 saturated carbocycles. The molecule has 1 heterocycles. The first-order valence-electron chi connectivity index (χ1n) is 4.74. The number of benzene rings is 1. The molecule has 1 aromatic carbocycles. The van der Waals surface area contributed by atoms with Gasteiger partial charge in [0.1, 0.15) is 11.5 Å². The Kier molecular flexibility index (Phi) is 2.16. The Morgan fingerprint density at radius 2 is 1.79 bits per heavy atom. The Balaban J connectivity index is 2.60. The van der Waals surface area contributed by atoms with Gasteiger partial charge >= 0.3 is 0 Å². The summed E-state index contributed by atoms with van der Waals surface area (Å²) in [4.78, 5) is 0. The zero-order valence-corrected chi connectivity index (χ0v) is 8.72. The summed E-state index contributed by atoms with van der Waals surface area (Å²) in [7, 11) is 0. The molecule has 1 heteroatoms. The molecule has 0 amide bonds. The molecule has 1 radical (unpaired) electrons. The molecule has 0 aliphatic rings. The third-order valence-corrected chi connectivity index (χ3v) is 2.37. The van der Waals surface area contributed by atoms with Gasteiger partial charge in [-0.3, -0.25) is 0 Å². The van der Waals surface area contributed by atoms with Crippen LogP contribution in [-0.4, -0.2) is 0 Å². The standard InChI is InChI=1S/C13H13O/c1-9-6-4-5-7-12(9)13-8-10(2)14-11(13)3/h4-7H,1-3H3. The highest BCUT2D eigenvalue weighted by molar-refractivity contribution is 5.68. The van der Waals surface area contributed by atoms with Gasteiger partial charge in [-0.2, -0.15) is 0 Å². The van der Waals surface area contributed by atoms with Gasteiger partial charge in [-0.25, -0.2) is 0 Å². The molecule has 71 valence electrons. The van der Waals surface area contributed by atoms with Crippen LogP contribution in [0.5, 0.6) is 0 Å². The molecule has 0 aliphatic heterocycles. The van der Waals surface area contributed by atoms with E-state index in [0.29, 0.717) is 0 Å². The Morgan fingerprint density at radius 3 is 2.36 bits per heavy atom. The van der Waals surface area contributed by atoms with Gasteiger partial charge < -0.3 is 4.42 Å². The van der Waals surface area contributed by atoms with Crippen LogP contribution in [0, 0.1) is 26.8 Å². The SMILES string of the molecule is Cc1[c]c(-c2ccccc2C)c(C)o1. The second-order valence-corrected chi connectivity index (χ2v) is 3.53. The third kappa shape index (κ3) is 1.46. The van der Waals surface area contributed by atoms with Crippen molar-refractivity contribution >= 4 is 0 Å². The summed E-state index contributed by atoms with van der Waals surface area (Å²) in [5.41, 5.74) is 3.55. The van der Waals surface area contributed by atoms with Gasteiger partial charge in [0.25, 0.3) is 0 Å². The smallest absolute Gasteiger partial charge is 0.109 e. The van der Waals surface area contributed by atoms with Crippen molar-refractivity contribution in [1.29, 1.82) is 0 Å². The van der Waals surface area contributed by atoms with E-state index < -0.39 is 0 Å². The predicted molar refractivity (Wildman–Crippen MR) is 57.2 cm³/mol. The van der Waals surface area contributed by atoms with Crippen LogP contribution in [0.4, 0.5) is 0 Å². The molecule has 0 unspecified atom stereocenters. The second kappa shape index (κ2) is 3.33. The van der Waals surface area contributed by atoms with E-state index in [0.717, 1.165) is 17.1 Å². The fourth-order valence-corrected chi connectivity index (χ4v) is 1.68. The normalized spacial score (nSPS) is 10.5. The molecule has 0 atom stereocenters. The van der Waals surface area contributed by atoms with Crippen molar-refractivity contribution in [1.82, 2.24) is 0 Å². The molecule has 0 aliphatic carbocycles. The first-order valence-corrected chi connectivity index (χ1v) is 4.74. The van der Waals surface area contributed by atoms with E-state index in [-0.39, 0.29) is 0 Å². The van der Waals surface area contributed by atoms with Crippen LogP contribution in [0.1, 0.15) is 17.1 Å². The summed E-state index contributed by atoms with van der Waals surface area (Å²) >= 11 is 0. The predicted octanol–water partition coefficient (Wildman–Crippen LogP) is 3.67. The lowest BCUT2D eigenvalue weighted by molar-refractivity contribution is 0.505. The average molecular weight is 185 g/mol. The first kappa shape index (κ1) is 9.07. The lowest BCUT2D eigenvalue weighted by Gasteiger charge is -2.02. The fourth-order valence-electron chi connectivity index (χ4n) is 1.68. The number of hydrogen-bond donors (Lipinski definition) is 0. The van der Waals surface area contributed by atoms with Gasteiger partial charge in [-0.15, -0.1) is 0 Å². The van der Waals surface area contributed by atoms with Crippen molar-refractivity contribution in [2.45, 2.75) is 20.8 Å². The summed E-state index contributed by atoms with van der Waals surface area (Å²) < 4.78 is 5.47. The Bertz CT molecular complexity index is 452. The van der Waals surface area contributed by atoms with Gasteiger partial charge in [0.15, 0.2) is 0 Å². The van der Waals surface area contributed by atoms with Crippen LogP contribution in [-0.2, 0) is 0 Å². The van der Waals surface area contributed by atoms with Crippen molar-refractivity contribution in [3.63, 3.8) is 0 Å². The Morgan fingerprint density at radius 1 is 1.07 bits per heavy atom. The van der Waals surface area contributed by atoms with Crippen LogP contribution in [0.15, 0.2) is 28.7 Å². The van der Waals surface area contributed by atoms with E-state index in [2.05, 4.69) is 25.1 Å². The Hall–Kier alpha value is -1.50. The number of furan rings is 1. The summed E-state index contributed by atoms with van der Waals surface area (Å²) in [6.07, 6.45) is 0. The monoisotopic (exact) mass is 185 g/mol. The van der Waals surface area contributed by atoms with Crippen LogP contribution < -0.4 is 0 Å². The maximum absolute atomic E-state index is 5.47. The van der Waals surface area contributed by atoms with E-state index >= 15 is 0 Å². The van der Waals surface area contributed by atoms with E-state index in [4.69, 9.17) is 4.42 Å². The summed E-state index contributed by atoms with van der Waals surface area (Å²) in [5.74, 6) is 1.79. The quantitative estimate of drug-likeness (QED) is 0.660. The third-order valence-electron chi connectivity index (χ3n) is 2.37. The van der Waals surface area contributed by atoms with Crippen molar-refractivity contribution in [3.8, 4) is 11.1 Å². The van der Waals surface area contributed by atoms with Crippen molar-refractivity contribution in [2.75, 3.05) is 0 Å². The minimum Gasteiger partial charge on any atom is -0.465 e. The van der Waals surface area contributed by atoms with Gasteiger partial charge in [-0.1, -0.05) is 24.3 Å². The maximum atomic E-state index is 5.47. The molecule has 0 spiro atoms. The zero-order valence-electron chi connectivity index (χ0n) is 8.72. The summed E-state index contributed by atoms with van der Waals surface area (Å²) in [5, 5.41) is 0. The van der Waals surface area contributed by atoms with Gasteiger partial charge in [0.2, 0.25) is 0 Å². The first-order chi connectivity index (χ1) is 6.68. The molecule has 1 nitrogen and oxygen atoms in total. The minimum atomic E-state index is 0.848. The van der Waals surface area contributed by atoms with Crippen LogP contribution >= 0.6 is 0 Å². The van der Waals surface area contributed by atoms with Crippen LogP contribution in [0.25, 0.3) is 11.1 Å². The van der Waals surface area contributed by atoms with Crippen LogP contribution in [0.3, 0.4) is 0 Å². The molecule has 1 aromatic heterocycles. The van der Waals surface area contributed by atoms with Gasteiger partial charge in [0.05, 0.1) is 0 Å². The maximum Gasteiger partial charge on any atom is 0.109 e. The molecule has 0 saturated heterocycles. The molecular formula is C13H13O. The lowest BCUT2D eigenvalue weighted by Crippen LogP contribution is -1.81. The number of hydrogen-bond acceptors (Lipinski definition) is 1. The highest BCUT2D eigenvalue weighted by atomic mass is 16.3. The highest BCUT2D eigenvalue weighted by Crippen LogP contribution is 2.28. The van der Waals surface area contributed by atoms with E-state index in [9.17, 15) is 0 Å². The fraction of sp³-hybridized carbons (Fsp3) is 0.231. The van der Waals surface area contributed by atoms with Crippen LogP contribution in [0.2, 0.25) is 0 Å². The van der Waals surface area contributed by atoms with E-state index in [1.54, 1.807) is 0 Å². The number of aryl methyl sites for hydroxylation is 3. The average Bonchev–Trinajstić information content (AvgIpc) is 2.46. The largest absolute Gasteiger partial charge is 0.465 e. The molecule has 2 rings (SSSR count). The topological polar surface area (TPSA) is 13.1 Å². The highest BCUT2D eigenvalue weighted by Gasteiger charge is 2.08. The molecular weight excluding hydrogens is 172 g/mol. The molecule has 0 fully saturated rings. The lowest BCUT2D eigenvalue weighted by atomic mass is 10.0. The van der Waals surface area contributed by atoms with Crippen molar-refractivity contribution < 1.29 is 4.42 Å². The van der Waals surface area contributed by atoms with E-state index in [1.165, 1.54) is 11.1 Å². The second-order valence-electron chi connectivity index (χ2n) is 3.53. The molecule has 14 heavy (non-hydrogen) atoms. The van der Waals surface area contributed by atoms with Crippen molar-refractivity contribution in [3.05, 3.63) is 47.4 Å². The van der Waals surface area contributed by atoms with Crippen molar-refractivity contribution in [2.24, 2.45) is 0 Å². The van der Waals surface area contributed by atoms with Gasteiger partial charge in [-0.05, 0) is 31.9 Å². The molecule has 0 bridgehead atoms. The minimum absolute atomic E-state index is 0.848. The molecule has 0 N–H and O–H groups in total. The molecule has 2 aromatic rings. The zero-order chi connectivity index (χ0) is 10.1.